The van der Waals surface area contributed by atoms with Crippen LogP contribution in [-0.4, -0.2) is 50.0 Å². The topological polar surface area (TPSA) is 75.1 Å². The summed E-state index contributed by atoms with van der Waals surface area (Å²) in [5, 5.41) is 17.3. The fourth-order valence-electron chi connectivity index (χ4n) is 4.04. The highest BCUT2D eigenvalue weighted by atomic mass is 127. The molecule has 3 rings (SSSR count). The lowest BCUT2D eigenvalue weighted by Gasteiger charge is -2.36. The molecule has 1 unspecified atom stereocenters. The van der Waals surface area contributed by atoms with Gasteiger partial charge in [0, 0.05) is 31.7 Å². The van der Waals surface area contributed by atoms with Gasteiger partial charge in [0.1, 0.15) is 5.75 Å². The van der Waals surface area contributed by atoms with Gasteiger partial charge in [-0.05, 0) is 56.9 Å². The van der Waals surface area contributed by atoms with E-state index in [9.17, 15) is 5.11 Å². The summed E-state index contributed by atoms with van der Waals surface area (Å²) in [6.45, 7) is 9.31. The molecule has 0 spiro atoms. The third kappa shape index (κ3) is 8.15. The maximum Gasteiger partial charge on any atom is 0.191 e. The van der Waals surface area contributed by atoms with Gasteiger partial charge in [-0.1, -0.05) is 42.5 Å². The summed E-state index contributed by atoms with van der Waals surface area (Å²) in [7, 11) is 0. The van der Waals surface area contributed by atoms with Gasteiger partial charge in [-0.3, -0.25) is 4.99 Å². The lowest BCUT2D eigenvalue weighted by molar-refractivity contribution is 0.0531. The third-order valence-electron chi connectivity index (χ3n) is 5.80. The third-order valence-corrected chi connectivity index (χ3v) is 5.80. The van der Waals surface area contributed by atoms with Gasteiger partial charge < -0.3 is 25.2 Å². The lowest BCUT2D eigenvalue weighted by Crippen LogP contribution is -2.42. The molecule has 2 aromatic rings. The van der Waals surface area contributed by atoms with Crippen LogP contribution in [0.5, 0.6) is 5.75 Å². The Kier molecular flexibility index (Phi) is 11.4. The van der Waals surface area contributed by atoms with Crippen molar-refractivity contribution < 1.29 is 14.6 Å². The number of halogens is 1. The molecule has 0 saturated carbocycles. The molecule has 1 aliphatic rings. The van der Waals surface area contributed by atoms with Crippen molar-refractivity contribution >= 4 is 29.9 Å². The standard InChI is InChI=1S/C26H37N3O3.HI/c1-4-27-25(28-18-24(30)21-9-8-12-23(17-21)32-20(2)3)29-19-26(13-15-31-16-14-26)22-10-6-5-7-11-22;/h5-12,17,20,24,30H,4,13-16,18-19H2,1-3H3,(H2,27,28,29);1H. The largest absolute Gasteiger partial charge is 0.491 e. The number of guanidine groups is 1. The van der Waals surface area contributed by atoms with Gasteiger partial charge in [0.2, 0.25) is 0 Å². The number of nitrogens with zero attached hydrogens (tertiary/aromatic N) is 1. The minimum absolute atomic E-state index is 0. The lowest BCUT2D eigenvalue weighted by atomic mass is 9.74. The highest BCUT2D eigenvalue weighted by Crippen LogP contribution is 2.35. The molecule has 182 valence electrons. The van der Waals surface area contributed by atoms with Gasteiger partial charge in [0.05, 0.1) is 18.8 Å². The van der Waals surface area contributed by atoms with Gasteiger partial charge in [-0.2, -0.15) is 0 Å². The summed E-state index contributed by atoms with van der Waals surface area (Å²) in [6.07, 6.45) is 1.33. The Balaban J connectivity index is 0.00000385. The number of aliphatic hydroxyl groups is 1. The molecule has 0 bridgehead atoms. The summed E-state index contributed by atoms with van der Waals surface area (Å²) in [6, 6.07) is 18.2. The minimum Gasteiger partial charge on any atom is -0.491 e. The molecule has 0 amide bonds. The van der Waals surface area contributed by atoms with Crippen LogP contribution in [0.1, 0.15) is 50.8 Å². The average molecular weight is 568 g/mol. The first-order valence-corrected chi connectivity index (χ1v) is 11.6. The van der Waals surface area contributed by atoms with Crippen molar-refractivity contribution in [2.24, 2.45) is 4.99 Å². The van der Waals surface area contributed by atoms with Crippen molar-refractivity contribution in [2.75, 3.05) is 32.8 Å². The fraction of sp³-hybridized carbons (Fsp3) is 0.500. The smallest absolute Gasteiger partial charge is 0.191 e. The molecule has 1 heterocycles. The van der Waals surface area contributed by atoms with Crippen molar-refractivity contribution in [3.8, 4) is 5.75 Å². The molecule has 6 nitrogen and oxygen atoms in total. The van der Waals surface area contributed by atoms with Crippen molar-refractivity contribution in [1.29, 1.82) is 0 Å². The highest BCUT2D eigenvalue weighted by molar-refractivity contribution is 14.0. The Morgan fingerprint density at radius 3 is 2.48 bits per heavy atom. The highest BCUT2D eigenvalue weighted by Gasteiger charge is 2.34. The van der Waals surface area contributed by atoms with Gasteiger partial charge in [0.25, 0.3) is 0 Å². The van der Waals surface area contributed by atoms with Crippen LogP contribution in [0.3, 0.4) is 0 Å². The summed E-state index contributed by atoms with van der Waals surface area (Å²) >= 11 is 0. The predicted molar refractivity (Wildman–Crippen MR) is 145 cm³/mol. The molecule has 1 aliphatic heterocycles. The molecular formula is C26H38IN3O3. The molecule has 7 heteroatoms. The summed E-state index contributed by atoms with van der Waals surface area (Å²) in [4.78, 5) is 4.91. The molecule has 1 atom stereocenters. The molecule has 1 saturated heterocycles. The van der Waals surface area contributed by atoms with Crippen molar-refractivity contribution in [3.05, 3.63) is 65.7 Å². The van der Waals surface area contributed by atoms with Crippen molar-refractivity contribution in [2.45, 2.75) is 51.2 Å². The molecule has 1 fully saturated rings. The molecule has 33 heavy (non-hydrogen) atoms. The molecular weight excluding hydrogens is 529 g/mol. The second-order valence-corrected chi connectivity index (χ2v) is 8.59. The van der Waals surface area contributed by atoms with Crippen LogP contribution in [0.25, 0.3) is 0 Å². The predicted octanol–water partition coefficient (Wildman–Crippen LogP) is 4.43. The zero-order chi connectivity index (χ0) is 22.8. The average Bonchev–Trinajstić information content (AvgIpc) is 2.81. The van der Waals surface area contributed by atoms with Crippen molar-refractivity contribution in [3.63, 3.8) is 0 Å². The van der Waals surface area contributed by atoms with E-state index >= 15 is 0 Å². The Hall–Kier alpha value is -1.84. The van der Waals surface area contributed by atoms with Gasteiger partial charge in [0.15, 0.2) is 5.96 Å². The van der Waals surface area contributed by atoms with Crippen LogP contribution in [0.15, 0.2) is 59.6 Å². The maximum absolute atomic E-state index is 10.7. The van der Waals surface area contributed by atoms with Gasteiger partial charge >= 0.3 is 0 Å². The Morgan fingerprint density at radius 1 is 1.09 bits per heavy atom. The normalized spacial score (nSPS) is 16.6. The van der Waals surface area contributed by atoms with E-state index in [0.29, 0.717) is 19.0 Å². The maximum atomic E-state index is 10.7. The van der Waals surface area contributed by atoms with Crippen LogP contribution in [0.2, 0.25) is 0 Å². The molecule has 0 aliphatic carbocycles. The van der Waals surface area contributed by atoms with Crippen LogP contribution in [0, 0.1) is 0 Å². The van der Waals surface area contributed by atoms with Gasteiger partial charge in [-0.25, -0.2) is 0 Å². The number of hydrogen-bond acceptors (Lipinski definition) is 4. The van der Waals surface area contributed by atoms with E-state index in [1.54, 1.807) is 0 Å². The SMILES string of the molecule is CCNC(=NCC1(c2ccccc2)CCOCC1)NCC(O)c1cccc(OC(C)C)c1.I. The number of ether oxygens (including phenoxy) is 2. The Bertz CT molecular complexity index is 855. The second kappa shape index (κ2) is 13.8. The first-order chi connectivity index (χ1) is 15.5. The Morgan fingerprint density at radius 2 is 1.82 bits per heavy atom. The second-order valence-electron chi connectivity index (χ2n) is 8.59. The summed E-state index contributed by atoms with van der Waals surface area (Å²) < 4.78 is 11.4. The monoisotopic (exact) mass is 567 g/mol. The quantitative estimate of drug-likeness (QED) is 0.238. The summed E-state index contributed by atoms with van der Waals surface area (Å²) in [5.74, 6) is 1.48. The van der Waals surface area contributed by atoms with Crippen LogP contribution in [0.4, 0.5) is 0 Å². The Labute approximate surface area is 215 Å². The molecule has 0 aromatic heterocycles. The molecule has 2 aromatic carbocycles. The minimum atomic E-state index is -0.666. The van der Waals surface area contributed by atoms with E-state index in [1.165, 1.54) is 5.56 Å². The number of aliphatic hydroxyl groups excluding tert-OH is 1. The summed E-state index contributed by atoms with van der Waals surface area (Å²) in [5.41, 5.74) is 2.10. The van der Waals surface area contributed by atoms with Crippen LogP contribution >= 0.6 is 24.0 Å². The van der Waals surface area contributed by atoms with Gasteiger partial charge in [-0.15, -0.1) is 24.0 Å². The molecule has 3 N–H and O–H groups in total. The first kappa shape index (κ1) is 27.4. The number of hydrogen-bond donors (Lipinski definition) is 3. The van der Waals surface area contributed by atoms with E-state index < -0.39 is 6.10 Å². The van der Waals surface area contributed by atoms with Crippen LogP contribution < -0.4 is 15.4 Å². The zero-order valence-corrected chi connectivity index (χ0v) is 22.3. The molecule has 0 radical (unpaired) electrons. The number of nitrogens with one attached hydrogen (secondary N) is 2. The van der Waals surface area contributed by atoms with E-state index in [0.717, 1.165) is 43.9 Å². The number of aliphatic imine (C=N–C) groups is 1. The first-order valence-electron chi connectivity index (χ1n) is 11.6. The van der Waals surface area contributed by atoms with E-state index in [4.69, 9.17) is 14.5 Å². The fourth-order valence-corrected chi connectivity index (χ4v) is 4.04. The number of benzene rings is 2. The van der Waals surface area contributed by atoms with Crippen LogP contribution in [-0.2, 0) is 10.2 Å². The van der Waals surface area contributed by atoms with E-state index in [1.807, 2.05) is 51.1 Å². The van der Waals surface area contributed by atoms with Crippen molar-refractivity contribution in [1.82, 2.24) is 10.6 Å². The van der Waals surface area contributed by atoms with E-state index in [-0.39, 0.29) is 35.5 Å². The number of rotatable bonds is 9. The zero-order valence-electron chi connectivity index (χ0n) is 19.9. The van der Waals surface area contributed by atoms with E-state index in [2.05, 4.69) is 34.9 Å².